The first kappa shape index (κ1) is 17.8. The third-order valence-corrected chi connectivity index (χ3v) is 4.94. The predicted octanol–water partition coefficient (Wildman–Crippen LogP) is 3.06. The molecule has 8 nitrogen and oxygen atoms in total. The predicted molar refractivity (Wildman–Crippen MR) is 104 cm³/mol. The molecule has 1 unspecified atom stereocenters. The lowest BCUT2D eigenvalue weighted by Gasteiger charge is -2.31. The van der Waals surface area contributed by atoms with E-state index in [1.54, 1.807) is 23.1 Å². The molecule has 3 heterocycles. The molecule has 28 heavy (non-hydrogen) atoms. The van der Waals surface area contributed by atoms with Crippen LogP contribution in [-0.2, 0) is 4.79 Å². The normalized spacial score (nSPS) is 17.3. The van der Waals surface area contributed by atoms with Crippen molar-refractivity contribution in [2.45, 2.75) is 18.8 Å². The first-order valence-electron chi connectivity index (χ1n) is 9.13. The monoisotopic (exact) mass is 377 g/mol. The Morgan fingerprint density at radius 3 is 2.96 bits per heavy atom. The van der Waals surface area contributed by atoms with Crippen LogP contribution in [0.3, 0.4) is 0 Å². The molecule has 0 spiro atoms. The molecule has 1 amide bonds. The van der Waals surface area contributed by atoms with Gasteiger partial charge >= 0.3 is 0 Å². The largest absolute Gasteiger partial charge is 0.338 e. The number of non-ortho nitro benzene ring substituents is 1. The van der Waals surface area contributed by atoms with Crippen molar-refractivity contribution in [1.82, 2.24) is 19.5 Å². The molecular weight excluding hydrogens is 358 g/mol. The number of benzene rings is 1. The standard InChI is InChI=1S/C20H19N5O3/c26-19(10-9-15-5-3-7-17(13-15)25(27)28)23-11-4-6-16(14-23)20-22-21-18-8-1-2-12-24(18)20/h1-3,5,7-10,12-13,16H,4,6,11,14H2/b10-9+. The van der Waals surface area contributed by atoms with Crippen LogP contribution >= 0.6 is 0 Å². The van der Waals surface area contributed by atoms with Gasteiger partial charge in [0.2, 0.25) is 5.91 Å². The Kier molecular flexibility index (Phi) is 4.84. The zero-order valence-corrected chi connectivity index (χ0v) is 15.1. The van der Waals surface area contributed by atoms with E-state index < -0.39 is 4.92 Å². The molecule has 3 aromatic rings. The molecule has 0 N–H and O–H groups in total. The van der Waals surface area contributed by atoms with Crippen molar-refractivity contribution >= 4 is 23.3 Å². The van der Waals surface area contributed by atoms with Gasteiger partial charge in [0.1, 0.15) is 5.82 Å². The van der Waals surface area contributed by atoms with Crippen LogP contribution < -0.4 is 0 Å². The molecule has 4 rings (SSSR count). The Balaban J connectivity index is 1.48. The molecule has 1 fully saturated rings. The fourth-order valence-corrected chi connectivity index (χ4v) is 3.54. The van der Waals surface area contributed by atoms with Gasteiger partial charge in [-0.15, -0.1) is 10.2 Å². The molecule has 1 aromatic carbocycles. The third kappa shape index (κ3) is 3.62. The van der Waals surface area contributed by atoms with Crippen LogP contribution in [0.5, 0.6) is 0 Å². The highest BCUT2D eigenvalue weighted by atomic mass is 16.6. The zero-order valence-electron chi connectivity index (χ0n) is 15.1. The summed E-state index contributed by atoms with van der Waals surface area (Å²) in [6, 6.07) is 12.0. The second-order valence-electron chi connectivity index (χ2n) is 6.80. The van der Waals surface area contributed by atoms with Crippen molar-refractivity contribution in [1.29, 1.82) is 0 Å². The maximum absolute atomic E-state index is 12.6. The number of hydrogen-bond acceptors (Lipinski definition) is 5. The number of amides is 1. The van der Waals surface area contributed by atoms with Gasteiger partial charge in [-0.3, -0.25) is 19.3 Å². The lowest BCUT2D eigenvalue weighted by Crippen LogP contribution is -2.38. The number of rotatable bonds is 4. The first-order valence-corrected chi connectivity index (χ1v) is 9.13. The maximum Gasteiger partial charge on any atom is 0.270 e. The lowest BCUT2D eigenvalue weighted by atomic mass is 9.97. The quantitative estimate of drug-likeness (QED) is 0.396. The molecule has 1 aliphatic rings. The number of carbonyl (C=O) groups is 1. The van der Waals surface area contributed by atoms with Gasteiger partial charge in [-0.1, -0.05) is 18.2 Å². The molecule has 1 aliphatic heterocycles. The number of hydrogen-bond donors (Lipinski definition) is 0. The van der Waals surface area contributed by atoms with Crippen molar-refractivity contribution < 1.29 is 9.72 Å². The third-order valence-electron chi connectivity index (χ3n) is 4.94. The molecule has 0 bridgehead atoms. The minimum Gasteiger partial charge on any atom is -0.338 e. The highest BCUT2D eigenvalue weighted by Crippen LogP contribution is 2.26. The Morgan fingerprint density at radius 2 is 2.11 bits per heavy atom. The van der Waals surface area contributed by atoms with E-state index in [0.29, 0.717) is 18.7 Å². The van der Waals surface area contributed by atoms with Crippen molar-refractivity contribution in [3.63, 3.8) is 0 Å². The van der Waals surface area contributed by atoms with Gasteiger partial charge in [-0.05, 0) is 36.6 Å². The van der Waals surface area contributed by atoms with Crippen molar-refractivity contribution in [2.24, 2.45) is 0 Å². The van der Waals surface area contributed by atoms with Crippen LogP contribution in [0.1, 0.15) is 30.1 Å². The summed E-state index contributed by atoms with van der Waals surface area (Å²) in [4.78, 5) is 24.9. The second kappa shape index (κ2) is 7.59. The second-order valence-corrected chi connectivity index (χ2v) is 6.80. The summed E-state index contributed by atoms with van der Waals surface area (Å²) < 4.78 is 1.97. The fourth-order valence-electron chi connectivity index (χ4n) is 3.54. The number of carbonyl (C=O) groups excluding carboxylic acids is 1. The van der Waals surface area contributed by atoms with Crippen LogP contribution in [-0.4, -0.2) is 43.4 Å². The van der Waals surface area contributed by atoms with E-state index in [1.165, 1.54) is 18.2 Å². The van der Waals surface area contributed by atoms with Crippen LogP contribution in [0.2, 0.25) is 0 Å². The van der Waals surface area contributed by atoms with Crippen LogP contribution in [0.25, 0.3) is 11.7 Å². The maximum atomic E-state index is 12.6. The molecule has 0 radical (unpaired) electrons. The minimum absolute atomic E-state index is 0.00585. The van der Waals surface area contributed by atoms with Crippen LogP contribution in [0.15, 0.2) is 54.7 Å². The Hall–Kier alpha value is -3.55. The number of nitro benzene ring substituents is 1. The lowest BCUT2D eigenvalue weighted by molar-refractivity contribution is -0.384. The number of aromatic nitrogens is 3. The molecule has 1 saturated heterocycles. The molecule has 2 aromatic heterocycles. The van der Waals surface area contributed by atoms with Gasteiger partial charge in [-0.25, -0.2) is 0 Å². The van der Waals surface area contributed by atoms with E-state index in [-0.39, 0.29) is 17.5 Å². The Morgan fingerprint density at radius 1 is 1.21 bits per heavy atom. The molecule has 0 aliphatic carbocycles. The molecule has 0 saturated carbocycles. The van der Waals surface area contributed by atoms with Gasteiger partial charge in [0.25, 0.3) is 5.69 Å². The Labute approximate surface area is 161 Å². The van der Waals surface area contributed by atoms with E-state index in [2.05, 4.69) is 10.2 Å². The first-order chi connectivity index (χ1) is 13.6. The molecular formula is C20H19N5O3. The summed E-state index contributed by atoms with van der Waals surface area (Å²) >= 11 is 0. The SMILES string of the molecule is O=C(/C=C/c1cccc([N+](=O)[O-])c1)N1CCCC(c2nnc3ccccn23)C1. The molecule has 1 atom stereocenters. The van der Waals surface area contributed by atoms with Crippen LogP contribution in [0, 0.1) is 10.1 Å². The highest BCUT2D eigenvalue weighted by Gasteiger charge is 2.27. The average molecular weight is 377 g/mol. The molecule has 8 heteroatoms. The van der Waals surface area contributed by atoms with Gasteiger partial charge in [0, 0.05) is 43.4 Å². The van der Waals surface area contributed by atoms with Gasteiger partial charge in [0.05, 0.1) is 4.92 Å². The summed E-state index contributed by atoms with van der Waals surface area (Å²) in [5.74, 6) is 0.891. The van der Waals surface area contributed by atoms with E-state index in [9.17, 15) is 14.9 Å². The number of piperidine rings is 1. The fraction of sp³-hybridized carbons (Fsp3) is 0.250. The van der Waals surface area contributed by atoms with E-state index in [0.717, 1.165) is 24.3 Å². The van der Waals surface area contributed by atoms with E-state index in [1.807, 2.05) is 28.8 Å². The van der Waals surface area contributed by atoms with Crippen LogP contribution in [0.4, 0.5) is 5.69 Å². The van der Waals surface area contributed by atoms with E-state index in [4.69, 9.17) is 0 Å². The number of fused-ring (bicyclic) bond motifs is 1. The summed E-state index contributed by atoms with van der Waals surface area (Å²) in [7, 11) is 0. The number of nitrogens with zero attached hydrogens (tertiary/aromatic N) is 5. The summed E-state index contributed by atoms with van der Waals surface area (Å²) in [5.41, 5.74) is 1.43. The summed E-state index contributed by atoms with van der Waals surface area (Å²) in [5, 5.41) is 19.4. The number of pyridine rings is 1. The number of nitro groups is 1. The topological polar surface area (TPSA) is 93.6 Å². The van der Waals surface area contributed by atoms with Gasteiger partial charge < -0.3 is 4.90 Å². The average Bonchev–Trinajstić information content (AvgIpc) is 3.16. The van der Waals surface area contributed by atoms with E-state index >= 15 is 0 Å². The van der Waals surface area contributed by atoms with Crippen molar-refractivity contribution in [3.8, 4) is 0 Å². The van der Waals surface area contributed by atoms with Gasteiger partial charge in [-0.2, -0.15) is 0 Å². The summed E-state index contributed by atoms with van der Waals surface area (Å²) in [6.45, 7) is 1.26. The minimum atomic E-state index is -0.447. The van der Waals surface area contributed by atoms with Gasteiger partial charge in [0.15, 0.2) is 5.65 Å². The molecule has 142 valence electrons. The Bertz CT molecular complexity index is 1060. The smallest absolute Gasteiger partial charge is 0.270 e. The summed E-state index contributed by atoms with van der Waals surface area (Å²) in [6.07, 6.45) is 6.87. The van der Waals surface area contributed by atoms with Crippen molar-refractivity contribution in [3.05, 3.63) is 76.2 Å². The highest BCUT2D eigenvalue weighted by molar-refractivity contribution is 5.92. The van der Waals surface area contributed by atoms with Crippen molar-refractivity contribution in [2.75, 3.05) is 13.1 Å². The zero-order chi connectivity index (χ0) is 19.5. The number of likely N-dealkylation sites (tertiary alicyclic amines) is 1.